The van der Waals surface area contributed by atoms with Crippen LogP contribution in [0.1, 0.15) is 41.0 Å². The largest absolute Gasteiger partial charge is 0.375 e. The Kier molecular flexibility index (Phi) is 5.90. The molecule has 0 rings (SSSR count). The molecule has 0 aromatic rings. The van der Waals surface area contributed by atoms with Crippen molar-refractivity contribution in [2.24, 2.45) is 0 Å². The number of hydrogen-bond acceptors (Lipinski definition) is 2. The zero-order chi connectivity index (χ0) is 14.4. The van der Waals surface area contributed by atoms with E-state index in [9.17, 15) is 0 Å². The van der Waals surface area contributed by atoms with Crippen LogP contribution in [0, 0.1) is 24.7 Å². The maximum atomic E-state index is 6.07. The summed E-state index contributed by atoms with van der Waals surface area (Å²) in [4.78, 5) is 0. The smallest absolute Gasteiger partial charge is 0.366 e. The average molecular weight is 264 g/mol. The molecule has 3 heteroatoms. The van der Waals surface area contributed by atoms with Gasteiger partial charge in [-0.15, -0.1) is 19.4 Å². The molecule has 0 amide bonds. The van der Waals surface area contributed by atoms with E-state index in [1.807, 2.05) is 27.7 Å². The van der Waals surface area contributed by atoms with Crippen molar-refractivity contribution in [1.82, 2.24) is 0 Å². The maximum Gasteiger partial charge on any atom is 0.366 e. The predicted octanol–water partition coefficient (Wildman–Crippen LogP) is 3.42. The molecule has 0 saturated carbocycles. The van der Waals surface area contributed by atoms with E-state index < -0.39 is 19.8 Å². The van der Waals surface area contributed by atoms with Crippen LogP contribution >= 0.6 is 0 Å². The second kappa shape index (κ2) is 6.25. The minimum atomic E-state index is -2.60. The monoisotopic (exact) mass is 264 g/mol. The van der Waals surface area contributed by atoms with Gasteiger partial charge in [0.25, 0.3) is 0 Å². The fraction of sp³-hybridized carbons (Fsp3) is 0.600. The van der Waals surface area contributed by atoms with Crippen molar-refractivity contribution in [3.63, 3.8) is 0 Å². The van der Waals surface area contributed by atoms with Crippen molar-refractivity contribution in [2.45, 2.75) is 58.3 Å². The molecule has 0 aliphatic heterocycles. The fourth-order valence-corrected chi connectivity index (χ4v) is 4.74. The molecule has 0 radical (unpaired) electrons. The van der Waals surface area contributed by atoms with Crippen LogP contribution in [0.2, 0.25) is 6.04 Å². The molecular formula is C15H24O2Si. The quantitative estimate of drug-likeness (QED) is 0.518. The van der Waals surface area contributed by atoms with Crippen LogP contribution in [0.15, 0.2) is 12.3 Å². The first-order valence-electron chi connectivity index (χ1n) is 6.15. The van der Waals surface area contributed by atoms with Gasteiger partial charge in [-0.05, 0) is 39.4 Å². The molecule has 0 fully saturated rings. The second-order valence-electron chi connectivity index (χ2n) is 5.28. The average Bonchev–Trinajstić information content (AvgIpc) is 2.28. The number of terminal acetylenes is 2. The molecule has 100 valence electrons. The van der Waals surface area contributed by atoms with Gasteiger partial charge >= 0.3 is 8.56 Å². The van der Waals surface area contributed by atoms with Gasteiger partial charge in [0.15, 0.2) is 0 Å². The first-order valence-corrected chi connectivity index (χ1v) is 8.25. The summed E-state index contributed by atoms with van der Waals surface area (Å²) in [5, 5.41) is 0. The van der Waals surface area contributed by atoms with Crippen LogP contribution in [0.25, 0.3) is 0 Å². The first kappa shape index (κ1) is 17.0. The summed E-state index contributed by atoms with van der Waals surface area (Å²) in [7, 11) is -2.60. The molecule has 0 aromatic carbocycles. The topological polar surface area (TPSA) is 18.5 Å². The molecule has 0 N–H and O–H groups in total. The fourth-order valence-electron chi connectivity index (χ4n) is 1.58. The van der Waals surface area contributed by atoms with Gasteiger partial charge < -0.3 is 8.85 Å². The third kappa shape index (κ3) is 5.10. The molecule has 0 aliphatic carbocycles. The highest BCUT2D eigenvalue weighted by atomic mass is 28.4. The van der Waals surface area contributed by atoms with Gasteiger partial charge in [-0.2, -0.15) is 0 Å². The molecule has 0 heterocycles. The summed E-state index contributed by atoms with van der Waals surface area (Å²) < 4.78 is 12.1. The Bertz CT molecular complexity index is 341. The maximum absolute atomic E-state index is 6.07. The van der Waals surface area contributed by atoms with Crippen molar-refractivity contribution < 1.29 is 8.85 Å². The number of rotatable bonds is 7. The van der Waals surface area contributed by atoms with Gasteiger partial charge in [-0.25, -0.2) is 0 Å². The molecular weight excluding hydrogens is 240 g/mol. The van der Waals surface area contributed by atoms with Gasteiger partial charge in [0.1, 0.15) is 11.2 Å². The highest BCUT2D eigenvalue weighted by molar-refractivity contribution is 6.72. The van der Waals surface area contributed by atoms with Crippen LogP contribution < -0.4 is 0 Å². The lowest BCUT2D eigenvalue weighted by Crippen LogP contribution is -2.51. The van der Waals surface area contributed by atoms with Gasteiger partial charge in [0.05, 0.1) is 0 Å². The van der Waals surface area contributed by atoms with E-state index in [0.29, 0.717) is 0 Å². The molecule has 0 aliphatic rings. The minimum Gasteiger partial charge on any atom is -0.375 e. The van der Waals surface area contributed by atoms with Gasteiger partial charge in [-0.3, -0.25) is 0 Å². The molecule has 0 atom stereocenters. The summed E-state index contributed by atoms with van der Waals surface area (Å²) in [5.74, 6) is 5.25. The number of hydrogen-bond donors (Lipinski definition) is 0. The summed E-state index contributed by atoms with van der Waals surface area (Å²) in [6.07, 6.45) is 11.9. The highest BCUT2D eigenvalue weighted by Gasteiger charge is 2.42. The Balaban J connectivity index is 5.26. The van der Waals surface area contributed by atoms with E-state index in [-0.39, 0.29) is 0 Å². The van der Waals surface area contributed by atoms with Crippen molar-refractivity contribution in [3.05, 3.63) is 12.3 Å². The SMILES string of the molecule is C#CC(C)(C)O[Si](C=C)(CCC)OC(C)(C)C#C. The summed E-state index contributed by atoms with van der Waals surface area (Å²) >= 11 is 0. The lowest BCUT2D eigenvalue weighted by Gasteiger charge is -2.38. The van der Waals surface area contributed by atoms with E-state index in [1.165, 1.54) is 0 Å². The zero-order valence-electron chi connectivity index (χ0n) is 12.2. The van der Waals surface area contributed by atoms with E-state index in [4.69, 9.17) is 21.7 Å². The Hall–Kier alpha value is -1.00. The van der Waals surface area contributed by atoms with Crippen LogP contribution in [-0.2, 0) is 8.85 Å². The van der Waals surface area contributed by atoms with E-state index in [0.717, 1.165) is 12.5 Å². The normalized spacial score (nSPS) is 12.6. The standard InChI is InChI=1S/C15H24O2Si/c1-9-13-18(12-4,16-14(5,6)10-2)17-15(7,8)11-3/h2-3,12H,4,9,13H2,1,5-8H3. The Labute approximate surface area is 113 Å². The zero-order valence-corrected chi connectivity index (χ0v) is 13.2. The summed E-state index contributed by atoms with van der Waals surface area (Å²) in [6, 6.07) is 0.784. The van der Waals surface area contributed by atoms with Crippen molar-refractivity contribution >= 4 is 8.56 Å². The highest BCUT2D eigenvalue weighted by Crippen LogP contribution is 2.28. The third-order valence-corrected chi connectivity index (χ3v) is 5.99. The second-order valence-corrected chi connectivity index (χ2v) is 8.22. The van der Waals surface area contributed by atoms with Gasteiger partial charge in [0, 0.05) is 0 Å². The first-order chi connectivity index (χ1) is 8.16. The lowest BCUT2D eigenvalue weighted by atomic mass is 10.2. The molecule has 2 nitrogen and oxygen atoms in total. The molecule has 18 heavy (non-hydrogen) atoms. The van der Waals surface area contributed by atoms with Crippen LogP contribution in [0.5, 0.6) is 0 Å². The molecule has 0 unspecified atom stereocenters. The van der Waals surface area contributed by atoms with Crippen LogP contribution in [0.4, 0.5) is 0 Å². The predicted molar refractivity (Wildman–Crippen MR) is 79.0 cm³/mol. The minimum absolute atomic E-state index is 0.680. The van der Waals surface area contributed by atoms with Gasteiger partial charge in [-0.1, -0.05) is 25.2 Å². The third-order valence-electron chi connectivity index (χ3n) is 2.46. The van der Waals surface area contributed by atoms with Gasteiger partial charge in [0.2, 0.25) is 0 Å². The van der Waals surface area contributed by atoms with E-state index >= 15 is 0 Å². The van der Waals surface area contributed by atoms with Crippen molar-refractivity contribution in [2.75, 3.05) is 0 Å². The molecule has 0 saturated heterocycles. The Morgan fingerprint density at radius 3 is 1.72 bits per heavy atom. The Morgan fingerprint density at radius 2 is 1.50 bits per heavy atom. The molecule has 0 aromatic heterocycles. The Morgan fingerprint density at radius 1 is 1.11 bits per heavy atom. The van der Waals surface area contributed by atoms with Crippen molar-refractivity contribution in [3.8, 4) is 24.7 Å². The molecule has 0 spiro atoms. The lowest BCUT2D eigenvalue weighted by molar-refractivity contribution is 0.0547. The van der Waals surface area contributed by atoms with Crippen LogP contribution in [-0.4, -0.2) is 19.8 Å². The summed E-state index contributed by atoms with van der Waals surface area (Å²) in [5.41, 5.74) is 0.412. The van der Waals surface area contributed by atoms with Crippen LogP contribution in [0.3, 0.4) is 0 Å². The summed E-state index contributed by atoms with van der Waals surface area (Å²) in [6.45, 7) is 13.3. The van der Waals surface area contributed by atoms with E-state index in [1.54, 1.807) is 5.70 Å². The van der Waals surface area contributed by atoms with E-state index in [2.05, 4.69) is 25.3 Å². The molecule has 0 bridgehead atoms. The van der Waals surface area contributed by atoms with Crippen molar-refractivity contribution in [1.29, 1.82) is 0 Å².